The molecule has 4 nitrogen and oxygen atoms in total. The lowest BCUT2D eigenvalue weighted by molar-refractivity contribution is 0.0157. The van der Waals surface area contributed by atoms with Gasteiger partial charge in [-0.2, -0.15) is 0 Å². The largest absolute Gasteiger partial charge is 0.377 e. The lowest BCUT2D eigenvalue weighted by Gasteiger charge is -2.30. The van der Waals surface area contributed by atoms with Gasteiger partial charge >= 0.3 is 0 Å². The predicted molar refractivity (Wildman–Crippen MR) is 92.3 cm³/mol. The van der Waals surface area contributed by atoms with Gasteiger partial charge in [-0.05, 0) is 37.0 Å². The summed E-state index contributed by atoms with van der Waals surface area (Å²) in [5, 5.41) is 12.3. The van der Waals surface area contributed by atoms with Crippen LogP contribution in [0.3, 0.4) is 0 Å². The van der Waals surface area contributed by atoms with Gasteiger partial charge < -0.3 is 5.11 Å². The van der Waals surface area contributed by atoms with E-state index in [0.717, 1.165) is 36.9 Å². The molecule has 2 aromatic carbocycles. The highest BCUT2D eigenvalue weighted by Crippen LogP contribution is 2.49. The first-order chi connectivity index (χ1) is 11.7. The average molecular weight is 318 g/mol. The zero-order chi connectivity index (χ0) is 16.3. The topological polar surface area (TPSA) is 55.1 Å². The lowest BCUT2D eigenvalue weighted by Crippen LogP contribution is -2.36. The van der Waals surface area contributed by atoms with E-state index in [0.29, 0.717) is 16.7 Å². The fourth-order valence-corrected chi connectivity index (χ4v) is 4.47. The van der Waals surface area contributed by atoms with Gasteiger partial charge in [-0.1, -0.05) is 43.2 Å². The summed E-state index contributed by atoms with van der Waals surface area (Å²) in [6, 6.07) is 15.0. The van der Waals surface area contributed by atoms with Crippen molar-refractivity contribution in [3.63, 3.8) is 0 Å². The van der Waals surface area contributed by atoms with Crippen LogP contribution < -0.4 is 5.56 Å². The minimum absolute atomic E-state index is 0.100. The van der Waals surface area contributed by atoms with Gasteiger partial charge in [-0.3, -0.25) is 9.36 Å². The Bertz CT molecular complexity index is 1020. The molecule has 3 aromatic rings. The van der Waals surface area contributed by atoms with E-state index in [1.807, 2.05) is 42.5 Å². The standard InChI is InChI=1S/C20H18N2O2/c23-18-14-9-3-5-11-16(14)21-19-20(24,13-7-1-2-8-13)15-10-4-6-12-17(15)22(18)19/h3-6,9-13,24H,1-2,7-8H2. The molecule has 1 aliphatic carbocycles. The maximum absolute atomic E-state index is 13.1. The minimum atomic E-state index is -1.17. The van der Waals surface area contributed by atoms with Crippen molar-refractivity contribution in [2.75, 3.05) is 0 Å². The zero-order valence-electron chi connectivity index (χ0n) is 13.3. The third-order valence-corrected chi connectivity index (χ3v) is 5.62. The Labute approximate surface area is 139 Å². The molecule has 0 saturated heterocycles. The Hall–Kier alpha value is -2.46. The molecule has 0 amide bonds. The summed E-state index contributed by atoms with van der Waals surface area (Å²) in [7, 11) is 0. The fourth-order valence-electron chi connectivity index (χ4n) is 4.47. The second-order valence-electron chi connectivity index (χ2n) is 6.86. The number of nitrogens with zero attached hydrogens (tertiary/aromatic N) is 2. The average Bonchev–Trinajstić information content (AvgIpc) is 3.23. The molecule has 1 aromatic heterocycles. The van der Waals surface area contributed by atoms with Crippen molar-refractivity contribution >= 4 is 10.9 Å². The molecule has 2 aliphatic rings. The van der Waals surface area contributed by atoms with E-state index in [-0.39, 0.29) is 11.5 Å². The molecular weight excluding hydrogens is 300 g/mol. The van der Waals surface area contributed by atoms with Crippen molar-refractivity contribution in [1.82, 2.24) is 9.55 Å². The number of aromatic nitrogens is 2. The van der Waals surface area contributed by atoms with Crippen LogP contribution in [-0.4, -0.2) is 14.7 Å². The second kappa shape index (κ2) is 4.77. The molecule has 2 heterocycles. The first kappa shape index (κ1) is 13.9. The zero-order valence-corrected chi connectivity index (χ0v) is 13.3. The summed E-state index contributed by atoms with van der Waals surface area (Å²) < 4.78 is 1.62. The summed E-state index contributed by atoms with van der Waals surface area (Å²) >= 11 is 0. The van der Waals surface area contributed by atoms with Gasteiger partial charge in [0.1, 0.15) is 0 Å². The van der Waals surface area contributed by atoms with Crippen LogP contribution in [0.2, 0.25) is 0 Å². The SMILES string of the molecule is O=c1c2ccccc2nc2n1-c1ccccc1C2(O)C1CCCC1. The Morgan fingerprint density at radius 3 is 2.58 bits per heavy atom. The molecule has 1 N–H and O–H groups in total. The van der Waals surface area contributed by atoms with Crippen molar-refractivity contribution in [1.29, 1.82) is 0 Å². The lowest BCUT2D eigenvalue weighted by atomic mass is 9.80. The molecule has 4 heteroatoms. The number of aliphatic hydroxyl groups is 1. The van der Waals surface area contributed by atoms with Crippen LogP contribution in [0.15, 0.2) is 53.3 Å². The first-order valence-electron chi connectivity index (χ1n) is 8.56. The molecule has 1 saturated carbocycles. The van der Waals surface area contributed by atoms with Gasteiger partial charge in [0.25, 0.3) is 5.56 Å². The number of fused-ring (bicyclic) bond motifs is 4. The van der Waals surface area contributed by atoms with Crippen LogP contribution in [0.4, 0.5) is 0 Å². The first-order valence-corrected chi connectivity index (χ1v) is 8.56. The summed E-state index contributed by atoms with van der Waals surface area (Å²) in [5.41, 5.74) is 0.966. The minimum Gasteiger partial charge on any atom is -0.377 e. The Balaban J connectivity index is 1.92. The van der Waals surface area contributed by atoms with Gasteiger partial charge in [-0.15, -0.1) is 0 Å². The second-order valence-corrected chi connectivity index (χ2v) is 6.86. The molecule has 0 bridgehead atoms. The van der Waals surface area contributed by atoms with Crippen LogP contribution in [0.1, 0.15) is 37.1 Å². The van der Waals surface area contributed by atoms with Crippen LogP contribution in [0, 0.1) is 5.92 Å². The van der Waals surface area contributed by atoms with E-state index >= 15 is 0 Å². The molecule has 120 valence electrons. The van der Waals surface area contributed by atoms with Gasteiger partial charge in [0.15, 0.2) is 11.4 Å². The molecule has 0 spiro atoms. The van der Waals surface area contributed by atoms with Gasteiger partial charge in [0.2, 0.25) is 0 Å². The number of hydrogen-bond donors (Lipinski definition) is 1. The summed E-state index contributed by atoms with van der Waals surface area (Å²) in [6.07, 6.45) is 4.17. The van der Waals surface area contributed by atoms with Gasteiger partial charge in [0, 0.05) is 5.56 Å². The maximum atomic E-state index is 13.1. The van der Waals surface area contributed by atoms with Crippen LogP contribution in [-0.2, 0) is 5.60 Å². The molecule has 24 heavy (non-hydrogen) atoms. The molecular formula is C20H18N2O2. The third kappa shape index (κ3) is 1.61. The highest BCUT2D eigenvalue weighted by atomic mass is 16.3. The van der Waals surface area contributed by atoms with E-state index in [1.54, 1.807) is 10.6 Å². The van der Waals surface area contributed by atoms with Crippen LogP contribution in [0.25, 0.3) is 16.6 Å². The molecule has 5 rings (SSSR count). The van der Waals surface area contributed by atoms with Crippen molar-refractivity contribution in [3.05, 3.63) is 70.3 Å². The summed E-state index contributed by atoms with van der Waals surface area (Å²) in [6.45, 7) is 0. The van der Waals surface area contributed by atoms with E-state index in [9.17, 15) is 9.90 Å². The van der Waals surface area contributed by atoms with E-state index in [1.165, 1.54) is 0 Å². The highest BCUT2D eigenvalue weighted by molar-refractivity contribution is 5.79. The monoisotopic (exact) mass is 318 g/mol. The Morgan fingerprint density at radius 1 is 1.04 bits per heavy atom. The van der Waals surface area contributed by atoms with E-state index < -0.39 is 5.60 Å². The number of hydrogen-bond acceptors (Lipinski definition) is 3. The third-order valence-electron chi connectivity index (χ3n) is 5.62. The van der Waals surface area contributed by atoms with Gasteiger partial charge in [0.05, 0.1) is 16.6 Å². The molecule has 0 radical (unpaired) electrons. The van der Waals surface area contributed by atoms with E-state index in [4.69, 9.17) is 4.98 Å². The van der Waals surface area contributed by atoms with Crippen LogP contribution >= 0.6 is 0 Å². The number of para-hydroxylation sites is 2. The van der Waals surface area contributed by atoms with Crippen LogP contribution in [0.5, 0.6) is 0 Å². The number of benzene rings is 2. The van der Waals surface area contributed by atoms with E-state index in [2.05, 4.69) is 0 Å². The van der Waals surface area contributed by atoms with Crippen molar-refractivity contribution in [3.8, 4) is 5.69 Å². The van der Waals surface area contributed by atoms with Crippen molar-refractivity contribution in [2.45, 2.75) is 31.3 Å². The molecule has 1 atom stereocenters. The van der Waals surface area contributed by atoms with Crippen molar-refractivity contribution in [2.24, 2.45) is 5.92 Å². The molecule has 1 aliphatic heterocycles. The molecule has 1 fully saturated rings. The Kier molecular flexibility index (Phi) is 2.77. The number of rotatable bonds is 1. The summed E-state index contributed by atoms with van der Waals surface area (Å²) in [4.78, 5) is 17.8. The Morgan fingerprint density at radius 2 is 1.75 bits per heavy atom. The fraction of sp³-hybridized carbons (Fsp3) is 0.300. The summed E-state index contributed by atoms with van der Waals surface area (Å²) in [5.74, 6) is 0.597. The normalized spacial score (nSPS) is 22.7. The van der Waals surface area contributed by atoms with Crippen molar-refractivity contribution < 1.29 is 5.11 Å². The highest BCUT2D eigenvalue weighted by Gasteiger charge is 2.50. The maximum Gasteiger partial charge on any atom is 0.266 e. The smallest absolute Gasteiger partial charge is 0.266 e. The van der Waals surface area contributed by atoms with Gasteiger partial charge in [-0.25, -0.2) is 4.98 Å². The quantitative estimate of drug-likeness (QED) is 0.750. The predicted octanol–water partition coefficient (Wildman–Crippen LogP) is 3.13. The molecule has 1 unspecified atom stereocenters.